The number of fused-ring (bicyclic) bond motifs is 1. The fourth-order valence-electron chi connectivity index (χ4n) is 2.40. The number of hydrogen-bond donors (Lipinski definition) is 1. The van der Waals surface area contributed by atoms with Crippen LogP contribution in [0.1, 0.15) is 24.4 Å². The van der Waals surface area contributed by atoms with Crippen molar-refractivity contribution < 1.29 is 4.79 Å². The molecule has 3 rings (SSSR count). The van der Waals surface area contributed by atoms with Gasteiger partial charge in [0.15, 0.2) is 0 Å². The first-order chi connectivity index (χ1) is 8.20. The zero-order valence-corrected chi connectivity index (χ0v) is 9.90. The van der Waals surface area contributed by atoms with E-state index in [9.17, 15) is 4.79 Å². The molecule has 2 heterocycles. The fraction of sp³-hybridized carbons (Fsp3) is 0.417. The van der Waals surface area contributed by atoms with Crippen LogP contribution in [0.15, 0.2) is 12.5 Å². The van der Waals surface area contributed by atoms with Crippen LogP contribution in [-0.4, -0.2) is 27.4 Å². The highest BCUT2D eigenvalue weighted by molar-refractivity contribution is 5.92. The number of Topliss-reactive ketones (excluding diaryl/α,β-unsaturated/α-hetero) is 1. The van der Waals surface area contributed by atoms with Crippen LogP contribution in [0.3, 0.4) is 0 Å². The lowest BCUT2D eigenvalue weighted by Crippen LogP contribution is -2.26. The molecule has 1 N–H and O–H groups in total. The Morgan fingerprint density at radius 1 is 1.41 bits per heavy atom. The number of hydrogen-bond acceptors (Lipinski definition) is 4. The van der Waals surface area contributed by atoms with Crippen LogP contribution in [0.4, 0.5) is 5.82 Å². The maximum absolute atomic E-state index is 11.1. The number of nitrogens with one attached hydrogen (secondary N) is 1. The number of rotatable bonds is 2. The first-order valence-corrected chi connectivity index (χ1v) is 5.72. The van der Waals surface area contributed by atoms with E-state index in [1.54, 1.807) is 6.33 Å². The standard InChI is InChI=1S/C12H14N4O/c1-7-5-16(8-3-9(17)4-8)12-10(7)11(13-2)14-6-15-12/h5-6,8H,3-4H2,1-2H3,(H,13,14,15). The minimum Gasteiger partial charge on any atom is -0.372 e. The summed E-state index contributed by atoms with van der Waals surface area (Å²) in [5, 5.41) is 4.13. The van der Waals surface area contributed by atoms with Gasteiger partial charge in [0.25, 0.3) is 0 Å². The van der Waals surface area contributed by atoms with Gasteiger partial charge in [0.2, 0.25) is 0 Å². The number of carbonyl (C=O) groups is 1. The highest BCUT2D eigenvalue weighted by Crippen LogP contribution is 2.34. The molecule has 0 spiro atoms. The number of ketones is 1. The van der Waals surface area contributed by atoms with Crippen molar-refractivity contribution in [2.45, 2.75) is 25.8 Å². The van der Waals surface area contributed by atoms with Crippen LogP contribution < -0.4 is 5.32 Å². The largest absolute Gasteiger partial charge is 0.372 e. The number of anilines is 1. The van der Waals surface area contributed by atoms with Crippen molar-refractivity contribution in [3.05, 3.63) is 18.1 Å². The zero-order chi connectivity index (χ0) is 12.0. The smallest absolute Gasteiger partial charge is 0.146 e. The second kappa shape index (κ2) is 3.55. The number of aromatic nitrogens is 3. The van der Waals surface area contributed by atoms with Gasteiger partial charge in [-0.05, 0) is 12.5 Å². The lowest BCUT2D eigenvalue weighted by Gasteiger charge is -2.26. The van der Waals surface area contributed by atoms with Gasteiger partial charge in [0, 0.05) is 32.1 Å². The van der Waals surface area contributed by atoms with Crippen LogP contribution in [0.2, 0.25) is 0 Å². The average Bonchev–Trinajstić information content (AvgIpc) is 2.63. The van der Waals surface area contributed by atoms with Gasteiger partial charge in [0.1, 0.15) is 23.6 Å². The van der Waals surface area contributed by atoms with E-state index in [1.165, 1.54) is 0 Å². The summed E-state index contributed by atoms with van der Waals surface area (Å²) in [4.78, 5) is 19.6. The molecule has 17 heavy (non-hydrogen) atoms. The molecule has 0 bridgehead atoms. The number of aryl methyl sites for hydroxylation is 1. The van der Waals surface area contributed by atoms with Crippen molar-refractivity contribution in [1.82, 2.24) is 14.5 Å². The Kier molecular flexibility index (Phi) is 2.14. The molecule has 2 aromatic heterocycles. The van der Waals surface area contributed by atoms with Crippen LogP contribution >= 0.6 is 0 Å². The summed E-state index contributed by atoms with van der Waals surface area (Å²) in [6.07, 6.45) is 4.88. The van der Waals surface area contributed by atoms with E-state index in [2.05, 4.69) is 26.0 Å². The van der Waals surface area contributed by atoms with E-state index < -0.39 is 0 Å². The van der Waals surface area contributed by atoms with Crippen molar-refractivity contribution in [1.29, 1.82) is 0 Å². The van der Waals surface area contributed by atoms with Gasteiger partial charge >= 0.3 is 0 Å². The van der Waals surface area contributed by atoms with Gasteiger partial charge in [-0.3, -0.25) is 4.79 Å². The van der Waals surface area contributed by atoms with E-state index in [-0.39, 0.29) is 6.04 Å². The Labute approximate surface area is 98.9 Å². The molecule has 0 saturated heterocycles. The SMILES string of the molecule is CNc1ncnc2c1c(C)cn2C1CC(=O)C1. The van der Waals surface area contributed by atoms with E-state index >= 15 is 0 Å². The molecule has 0 radical (unpaired) electrons. The lowest BCUT2D eigenvalue weighted by molar-refractivity contribution is -0.126. The van der Waals surface area contributed by atoms with Crippen molar-refractivity contribution in [3.63, 3.8) is 0 Å². The van der Waals surface area contributed by atoms with E-state index in [4.69, 9.17) is 0 Å². The molecule has 1 aliphatic carbocycles. The highest BCUT2D eigenvalue weighted by atomic mass is 16.1. The minimum absolute atomic E-state index is 0.276. The Balaban J connectivity index is 2.17. The Morgan fingerprint density at radius 3 is 2.82 bits per heavy atom. The molecular weight excluding hydrogens is 216 g/mol. The third-order valence-electron chi connectivity index (χ3n) is 3.36. The molecule has 0 atom stereocenters. The Bertz CT molecular complexity index is 594. The molecule has 0 aromatic carbocycles. The third kappa shape index (κ3) is 1.42. The molecule has 0 unspecified atom stereocenters. The van der Waals surface area contributed by atoms with Crippen LogP contribution in [0, 0.1) is 6.92 Å². The molecule has 88 valence electrons. The van der Waals surface area contributed by atoms with Crippen LogP contribution in [-0.2, 0) is 4.79 Å². The van der Waals surface area contributed by atoms with Gasteiger partial charge in [-0.2, -0.15) is 0 Å². The molecule has 2 aromatic rings. The summed E-state index contributed by atoms with van der Waals surface area (Å²) >= 11 is 0. The average molecular weight is 230 g/mol. The summed E-state index contributed by atoms with van der Waals surface area (Å²) in [6.45, 7) is 2.05. The molecule has 0 amide bonds. The quantitative estimate of drug-likeness (QED) is 0.852. The normalized spacial score (nSPS) is 16.2. The predicted molar refractivity (Wildman–Crippen MR) is 65.1 cm³/mol. The second-order valence-electron chi connectivity index (χ2n) is 4.49. The predicted octanol–water partition coefficient (Wildman–Crippen LogP) is 1.69. The lowest BCUT2D eigenvalue weighted by atomic mass is 9.91. The highest BCUT2D eigenvalue weighted by Gasteiger charge is 2.29. The molecule has 5 nitrogen and oxygen atoms in total. The van der Waals surface area contributed by atoms with Crippen LogP contribution in [0.25, 0.3) is 11.0 Å². The van der Waals surface area contributed by atoms with E-state index in [1.807, 2.05) is 14.0 Å². The molecular formula is C12H14N4O. The maximum Gasteiger partial charge on any atom is 0.146 e. The van der Waals surface area contributed by atoms with Crippen molar-refractivity contribution in [2.24, 2.45) is 0 Å². The summed E-state index contributed by atoms with van der Waals surface area (Å²) in [5.74, 6) is 1.18. The zero-order valence-electron chi connectivity index (χ0n) is 9.90. The van der Waals surface area contributed by atoms with Crippen molar-refractivity contribution >= 4 is 22.6 Å². The van der Waals surface area contributed by atoms with Gasteiger partial charge in [-0.15, -0.1) is 0 Å². The van der Waals surface area contributed by atoms with E-state index in [0.29, 0.717) is 18.6 Å². The fourth-order valence-corrected chi connectivity index (χ4v) is 2.40. The summed E-state index contributed by atoms with van der Waals surface area (Å²) in [7, 11) is 1.85. The van der Waals surface area contributed by atoms with Gasteiger partial charge in [-0.1, -0.05) is 0 Å². The molecule has 0 aliphatic heterocycles. The summed E-state index contributed by atoms with van der Waals surface area (Å²) < 4.78 is 2.11. The molecule has 1 fully saturated rings. The Hall–Kier alpha value is -1.91. The summed E-state index contributed by atoms with van der Waals surface area (Å²) in [5.41, 5.74) is 2.06. The van der Waals surface area contributed by atoms with Crippen molar-refractivity contribution in [3.8, 4) is 0 Å². The first kappa shape index (κ1) is 10.3. The first-order valence-electron chi connectivity index (χ1n) is 5.72. The van der Waals surface area contributed by atoms with Gasteiger partial charge in [-0.25, -0.2) is 9.97 Å². The maximum atomic E-state index is 11.1. The number of nitrogens with zero attached hydrogens (tertiary/aromatic N) is 3. The van der Waals surface area contributed by atoms with E-state index in [0.717, 1.165) is 22.4 Å². The molecule has 1 aliphatic rings. The van der Waals surface area contributed by atoms with Crippen LogP contribution in [0.5, 0.6) is 0 Å². The van der Waals surface area contributed by atoms with Crippen molar-refractivity contribution in [2.75, 3.05) is 12.4 Å². The topological polar surface area (TPSA) is 59.8 Å². The molecule has 1 saturated carbocycles. The monoisotopic (exact) mass is 230 g/mol. The number of carbonyl (C=O) groups excluding carboxylic acids is 1. The summed E-state index contributed by atoms with van der Waals surface area (Å²) in [6, 6.07) is 0.276. The van der Waals surface area contributed by atoms with Gasteiger partial charge in [0.05, 0.1) is 5.39 Å². The Morgan fingerprint density at radius 2 is 2.18 bits per heavy atom. The third-order valence-corrected chi connectivity index (χ3v) is 3.36. The second-order valence-corrected chi connectivity index (χ2v) is 4.49. The van der Waals surface area contributed by atoms with Gasteiger partial charge < -0.3 is 9.88 Å². The molecule has 5 heteroatoms. The minimum atomic E-state index is 0.276.